The topological polar surface area (TPSA) is 56.8 Å². The summed E-state index contributed by atoms with van der Waals surface area (Å²) < 4.78 is 16.2. The molecule has 3 heterocycles. The minimum absolute atomic E-state index is 0.160. The molecule has 2 aromatic carbocycles. The lowest BCUT2D eigenvalue weighted by atomic mass is 9.81. The zero-order valence-corrected chi connectivity index (χ0v) is 12.2. The summed E-state index contributed by atoms with van der Waals surface area (Å²) in [5, 5.41) is 3.32. The number of carbonyl (C=O) groups is 1. The fourth-order valence-corrected chi connectivity index (χ4v) is 3.43. The number of cyclic esters (lactones) is 1. The molecule has 0 radical (unpaired) electrons. The second-order valence-corrected chi connectivity index (χ2v) is 5.73. The largest absolute Gasteiger partial charge is 0.456 e. The van der Waals surface area contributed by atoms with Gasteiger partial charge in [-0.05, 0) is 17.2 Å². The maximum absolute atomic E-state index is 12.3. The van der Waals surface area contributed by atoms with Crippen molar-refractivity contribution in [1.29, 1.82) is 0 Å². The van der Waals surface area contributed by atoms with Crippen molar-refractivity contribution in [3.63, 3.8) is 0 Å². The van der Waals surface area contributed by atoms with Gasteiger partial charge in [-0.1, -0.05) is 30.3 Å². The third-order valence-corrected chi connectivity index (χ3v) is 4.46. The van der Waals surface area contributed by atoms with Gasteiger partial charge in [-0.3, -0.25) is 0 Å². The Morgan fingerprint density at radius 3 is 2.61 bits per heavy atom. The van der Waals surface area contributed by atoms with Gasteiger partial charge in [0.25, 0.3) is 0 Å². The van der Waals surface area contributed by atoms with Crippen molar-refractivity contribution in [2.45, 2.75) is 5.92 Å². The number of fused-ring (bicyclic) bond motifs is 2. The summed E-state index contributed by atoms with van der Waals surface area (Å²) in [7, 11) is 0. The first-order valence-electron chi connectivity index (χ1n) is 7.47. The van der Waals surface area contributed by atoms with Crippen molar-refractivity contribution in [2.24, 2.45) is 0 Å². The molecule has 0 saturated heterocycles. The van der Waals surface area contributed by atoms with Crippen molar-refractivity contribution in [2.75, 3.05) is 18.7 Å². The molecule has 0 fully saturated rings. The smallest absolute Gasteiger partial charge is 0.337 e. The van der Waals surface area contributed by atoms with Crippen molar-refractivity contribution in [1.82, 2.24) is 0 Å². The Hall–Kier alpha value is -2.95. The van der Waals surface area contributed by atoms with E-state index in [0.717, 1.165) is 28.3 Å². The molecule has 5 rings (SSSR count). The minimum Gasteiger partial charge on any atom is -0.456 e. The second-order valence-electron chi connectivity index (χ2n) is 5.73. The first-order chi connectivity index (χ1) is 11.3. The zero-order chi connectivity index (χ0) is 15.4. The third kappa shape index (κ3) is 1.76. The molecule has 0 unspecified atom stereocenters. The van der Waals surface area contributed by atoms with Gasteiger partial charge in [-0.25, -0.2) is 4.79 Å². The highest BCUT2D eigenvalue weighted by Gasteiger charge is 2.39. The van der Waals surface area contributed by atoms with Crippen LogP contribution in [0.2, 0.25) is 0 Å². The minimum atomic E-state index is -0.260. The van der Waals surface area contributed by atoms with Gasteiger partial charge in [-0.2, -0.15) is 0 Å². The summed E-state index contributed by atoms with van der Waals surface area (Å²) >= 11 is 0. The van der Waals surface area contributed by atoms with Gasteiger partial charge in [0, 0.05) is 17.7 Å². The van der Waals surface area contributed by atoms with E-state index in [-0.39, 0.29) is 25.3 Å². The number of ether oxygens (including phenoxy) is 3. The number of hydrogen-bond acceptors (Lipinski definition) is 5. The second kappa shape index (κ2) is 4.52. The van der Waals surface area contributed by atoms with Gasteiger partial charge in [-0.15, -0.1) is 0 Å². The summed E-state index contributed by atoms with van der Waals surface area (Å²) in [6.45, 7) is 0.509. The Morgan fingerprint density at radius 2 is 1.78 bits per heavy atom. The first kappa shape index (κ1) is 12.6. The van der Waals surface area contributed by atoms with E-state index < -0.39 is 0 Å². The summed E-state index contributed by atoms with van der Waals surface area (Å²) in [5.74, 6) is 1.01. The van der Waals surface area contributed by atoms with Crippen LogP contribution < -0.4 is 14.8 Å². The zero-order valence-electron chi connectivity index (χ0n) is 12.2. The molecule has 5 heteroatoms. The number of benzene rings is 2. The number of nitrogens with one attached hydrogen (secondary N) is 1. The molecular weight excluding hydrogens is 294 g/mol. The van der Waals surface area contributed by atoms with Crippen molar-refractivity contribution >= 4 is 11.7 Å². The molecule has 0 spiro atoms. The van der Waals surface area contributed by atoms with Gasteiger partial charge in [0.15, 0.2) is 11.5 Å². The normalized spacial score (nSPS) is 20.7. The molecule has 3 aliphatic rings. The SMILES string of the molecule is O=C1OCC2=C1[C@H](c1ccccc1)c1cc3c(cc1N2)OCO3. The number of esters is 1. The fourth-order valence-electron chi connectivity index (χ4n) is 3.43. The van der Waals surface area contributed by atoms with Gasteiger partial charge in [0.05, 0.1) is 11.3 Å². The van der Waals surface area contributed by atoms with Gasteiger partial charge >= 0.3 is 5.97 Å². The Balaban J connectivity index is 1.75. The van der Waals surface area contributed by atoms with Crippen LogP contribution in [0.3, 0.4) is 0 Å². The van der Waals surface area contributed by atoms with Gasteiger partial charge < -0.3 is 19.5 Å². The van der Waals surface area contributed by atoms with Crippen molar-refractivity contribution in [3.8, 4) is 11.5 Å². The monoisotopic (exact) mass is 307 g/mol. The van der Waals surface area contributed by atoms with E-state index in [1.165, 1.54) is 0 Å². The highest BCUT2D eigenvalue weighted by Crippen LogP contribution is 2.48. The van der Waals surface area contributed by atoms with Crippen LogP contribution in [0.25, 0.3) is 0 Å². The van der Waals surface area contributed by atoms with E-state index in [1.807, 2.05) is 42.5 Å². The third-order valence-electron chi connectivity index (χ3n) is 4.46. The molecule has 1 N–H and O–H groups in total. The molecule has 114 valence electrons. The van der Waals surface area contributed by atoms with Gasteiger partial charge in [0.1, 0.15) is 6.61 Å². The molecule has 0 bridgehead atoms. The number of rotatable bonds is 1. The molecule has 0 aromatic heterocycles. The average Bonchev–Trinajstić information content (AvgIpc) is 3.18. The lowest BCUT2D eigenvalue weighted by molar-refractivity contribution is -0.136. The lowest BCUT2D eigenvalue weighted by Crippen LogP contribution is -2.19. The molecule has 1 atom stereocenters. The Kier molecular flexibility index (Phi) is 2.47. The molecule has 0 saturated carbocycles. The van der Waals surface area contributed by atoms with E-state index in [1.54, 1.807) is 0 Å². The standard InChI is InChI=1S/C18H13NO4/c20-18-17-13(8-21-18)19-12-7-15-14(22-9-23-15)6-11(12)16(17)10-4-2-1-3-5-10/h1-7,16,19H,8-9H2/t16-/m1/s1. The highest BCUT2D eigenvalue weighted by molar-refractivity contribution is 5.97. The maximum atomic E-state index is 12.3. The predicted octanol–water partition coefficient (Wildman–Crippen LogP) is 2.78. The van der Waals surface area contributed by atoms with E-state index in [2.05, 4.69) is 5.32 Å². The average molecular weight is 307 g/mol. The summed E-state index contributed by atoms with van der Waals surface area (Å²) in [4.78, 5) is 12.3. The first-order valence-corrected chi connectivity index (χ1v) is 7.47. The summed E-state index contributed by atoms with van der Waals surface area (Å²) in [5.41, 5.74) is 4.50. The van der Waals surface area contributed by atoms with Crippen molar-refractivity contribution < 1.29 is 19.0 Å². The molecule has 0 aliphatic carbocycles. The predicted molar refractivity (Wildman–Crippen MR) is 82.5 cm³/mol. The van der Waals surface area contributed by atoms with Crippen LogP contribution in [0, 0.1) is 0 Å². The summed E-state index contributed by atoms with van der Waals surface area (Å²) in [6.07, 6.45) is 0. The quantitative estimate of drug-likeness (QED) is 0.821. The van der Waals surface area contributed by atoms with Crippen LogP contribution >= 0.6 is 0 Å². The van der Waals surface area contributed by atoms with E-state index in [0.29, 0.717) is 11.3 Å². The van der Waals surface area contributed by atoms with E-state index >= 15 is 0 Å². The Labute approximate surface area is 132 Å². The highest BCUT2D eigenvalue weighted by atomic mass is 16.7. The molecule has 0 amide bonds. The van der Waals surface area contributed by atoms with Crippen LogP contribution in [-0.4, -0.2) is 19.4 Å². The van der Waals surface area contributed by atoms with Crippen LogP contribution in [0.1, 0.15) is 17.0 Å². The summed E-state index contributed by atoms with van der Waals surface area (Å²) in [6, 6.07) is 13.9. The van der Waals surface area contributed by atoms with Crippen LogP contribution in [0.5, 0.6) is 11.5 Å². The van der Waals surface area contributed by atoms with E-state index in [9.17, 15) is 4.79 Å². The van der Waals surface area contributed by atoms with Gasteiger partial charge in [0.2, 0.25) is 6.79 Å². The Morgan fingerprint density at radius 1 is 1.00 bits per heavy atom. The van der Waals surface area contributed by atoms with Crippen LogP contribution in [0.4, 0.5) is 5.69 Å². The van der Waals surface area contributed by atoms with Crippen LogP contribution in [-0.2, 0) is 9.53 Å². The molecule has 5 nitrogen and oxygen atoms in total. The molecule has 3 aliphatic heterocycles. The van der Waals surface area contributed by atoms with E-state index in [4.69, 9.17) is 14.2 Å². The Bertz CT molecular complexity index is 857. The fraction of sp³-hybridized carbons (Fsp3) is 0.167. The lowest BCUT2D eigenvalue weighted by Gasteiger charge is -2.27. The molecule has 2 aromatic rings. The molecular formula is C18H13NO4. The molecule has 23 heavy (non-hydrogen) atoms. The maximum Gasteiger partial charge on any atom is 0.337 e. The number of hydrogen-bond donors (Lipinski definition) is 1. The van der Waals surface area contributed by atoms with Crippen molar-refractivity contribution in [3.05, 3.63) is 64.9 Å². The number of anilines is 1. The number of carbonyl (C=O) groups excluding carboxylic acids is 1. The van der Waals surface area contributed by atoms with Crippen LogP contribution in [0.15, 0.2) is 53.7 Å².